The van der Waals surface area contributed by atoms with E-state index in [-0.39, 0.29) is 15.3 Å². The summed E-state index contributed by atoms with van der Waals surface area (Å²) in [6.45, 7) is 5.36. The summed E-state index contributed by atoms with van der Waals surface area (Å²) in [4.78, 5) is 14.4. The normalized spacial score (nSPS) is 10.7. The Labute approximate surface area is 130 Å². The number of hydrogen-bond acceptors (Lipinski definition) is 5. The van der Waals surface area contributed by atoms with Crippen molar-refractivity contribution in [3.8, 4) is 0 Å². The van der Waals surface area contributed by atoms with Crippen LogP contribution >= 0.6 is 23.4 Å². The second-order valence-electron chi connectivity index (χ2n) is 4.04. The third-order valence-corrected chi connectivity index (χ3v) is 3.80. The first kappa shape index (κ1) is 15.9. The van der Waals surface area contributed by atoms with Crippen LogP contribution < -0.4 is 4.90 Å². The molecule has 21 heavy (non-hydrogen) atoms. The Morgan fingerprint density at radius 2 is 1.86 bits per heavy atom. The second kappa shape index (κ2) is 7.00. The fraction of sp³-hybridized carbons (Fsp3) is 0.308. The summed E-state index contributed by atoms with van der Waals surface area (Å²) in [5, 5.41) is 0.305. The highest BCUT2D eigenvalue weighted by atomic mass is 35.5. The first-order valence-corrected chi connectivity index (χ1v) is 7.52. The van der Waals surface area contributed by atoms with Crippen molar-refractivity contribution >= 4 is 29.3 Å². The third kappa shape index (κ3) is 4.01. The third-order valence-electron chi connectivity index (χ3n) is 2.72. The number of benzene rings is 1. The van der Waals surface area contributed by atoms with E-state index in [0.29, 0.717) is 19.0 Å². The highest BCUT2D eigenvalue weighted by Gasteiger charge is 2.13. The topological polar surface area (TPSA) is 41.9 Å². The van der Waals surface area contributed by atoms with Crippen molar-refractivity contribution < 1.29 is 8.78 Å². The smallest absolute Gasteiger partial charge is 0.230 e. The van der Waals surface area contributed by atoms with E-state index in [9.17, 15) is 8.78 Å². The van der Waals surface area contributed by atoms with Crippen LogP contribution in [0.5, 0.6) is 0 Å². The van der Waals surface area contributed by atoms with E-state index >= 15 is 0 Å². The summed E-state index contributed by atoms with van der Waals surface area (Å²) in [5.74, 6) is -0.861. The molecule has 0 amide bonds. The lowest BCUT2D eigenvalue weighted by Gasteiger charge is -2.18. The van der Waals surface area contributed by atoms with Gasteiger partial charge in [-0.25, -0.2) is 8.78 Å². The van der Waals surface area contributed by atoms with Crippen molar-refractivity contribution in [2.45, 2.75) is 23.9 Å². The zero-order chi connectivity index (χ0) is 15.4. The molecule has 0 atom stereocenters. The van der Waals surface area contributed by atoms with Gasteiger partial charge in [-0.1, -0.05) is 0 Å². The molecule has 0 bridgehead atoms. The molecule has 0 fully saturated rings. The number of anilines is 1. The average molecular weight is 331 g/mol. The standard InChI is InChI=1S/C13H13ClF2N4S/c1-3-20(4-2)12-17-11(14)18-13(19-12)21-10-6-5-8(15)7-9(10)16/h5-7H,3-4H2,1-2H3. The van der Waals surface area contributed by atoms with Crippen LogP contribution in [-0.2, 0) is 0 Å². The Morgan fingerprint density at radius 3 is 2.48 bits per heavy atom. The van der Waals surface area contributed by atoms with Crippen LogP contribution in [0.15, 0.2) is 28.3 Å². The lowest BCUT2D eigenvalue weighted by atomic mass is 10.3. The molecule has 0 saturated heterocycles. The predicted molar refractivity (Wildman–Crippen MR) is 78.9 cm³/mol. The molecule has 0 aliphatic heterocycles. The van der Waals surface area contributed by atoms with Crippen LogP contribution in [0.2, 0.25) is 5.28 Å². The van der Waals surface area contributed by atoms with Gasteiger partial charge in [-0.2, -0.15) is 15.0 Å². The zero-order valence-corrected chi connectivity index (χ0v) is 13.0. The van der Waals surface area contributed by atoms with Crippen LogP contribution in [0.3, 0.4) is 0 Å². The summed E-state index contributed by atoms with van der Waals surface area (Å²) >= 11 is 6.86. The zero-order valence-electron chi connectivity index (χ0n) is 11.5. The summed E-state index contributed by atoms with van der Waals surface area (Å²) in [7, 11) is 0. The maximum Gasteiger partial charge on any atom is 0.230 e. The highest BCUT2D eigenvalue weighted by molar-refractivity contribution is 7.99. The Kier molecular flexibility index (Phi) is 5.30. The van der Waals surface area contributed by atoms with Gasteiger partial charge in [0.25, 0.3) is 0 Å². The number of hydrogen-bond donors (Lipinski definition) is 0. The Balaban J connectivity index is 2.31. The summed E-state index contributed by atoms with van der Waals surface area (Å²) in [5.41, 5.74) is 0. The molecule has 0 radical (unpaired) electrons. The van der Waals surface area contributed by atoms with Gasteiger partial charge >= 0.3 is 0 Å². The summed E-state index contributed by atoms with van der Waals surface area (Å²) in [6.07, 6.45) is 0. The van der Waals surface area contributed by atoms with Gasteiger partial charge in [0.05, 0.1) is 4.90 Å². The molecular formula is C13H13ClF2N4S. The minimum Gasteiger partial charge on any atom is -0.341 e. The van der Waals surface area contributed by atoms with E-state index < -0.39 is 11.6 Å². The monoisotopic (exact) mass is 330 g/mol. The number of aromatic nitrogens is 3. The van der Waals surface area contributed by atoms with Gasteiger partial charge in [-0.15, -0.1) is 0 Å². The molecule has 112 valence electrons. The van der Waals surface area contributed by atoms with Crippen LogP contribution in [0.1, 0.15) is 13.8 Å². The molecular weight excluding hydrogens is 318 g/mol. The predicted octanol–water partition coefficient (Wildman–Crippen LogP) is 3.80. The van der Waals surface area contributed by atoms with Gasteiger partial charge in [0, 0.05) is 19.2 Å². The van der Waals surface area contributed by atoms with Gasteiger partial charge in [0.15, 0.2) is 5.16 Å². The molecule has 0 aliphatic rings. The Hall–Kier alpha value is -1.47. The van der Waals surface area contributed by atoms with E-state index in [0.717, 1.165) is 17.8 Å². The van der Waals surface area contributed by atoms with Crippen molar-refractivity contribution in [1.29, 1.82) is 0 Å². The van der Waals surface area contributed by atoms with Crippen molar-refractivity contribution in [2.24, 2.45) is 0 Å². The fourth-order valence-corrected chi connectivity index (χ4v) is 2.63. The quantitative estimate of drug-likeness (QED) is 0.834. The maximum atomic E-state index is 13.7. The minimum absolute atomic E-state index is 0.0388. The maximum absolute atomic E-state index is 13.7. The van der Waals surface area contributed by atoms with Gasteiger partial charge < -0.3 is 4.90 Å². The van der Waals surface area contributed by atoms with E-state index in [2.05, 4.69) is 15.0 Å². The molecule has 0 spiro atoms. The van der Waals surface area contributed by atoms with Crippen molar-refractivity contribution in [1.82, 2.24) is 15.0 Å². The Morgan fingerprint density at radius 1 is 1.14 bits per heavy atom. The van der Waals surface area contributed by atoms with Crippen LogP contribution in [-0.4, -0.2) is 28.0 Å². The molecule has 8 heteroatoms. The molecule has 0 aliphatic carbocycles. The van der Waals surface area contributed by atoms with Gasteiger partial charge in [0.1, 0.15) is 11.6 Å². The molecule has 0 unspecified atom stereocenters. The van der Waals surface area contributed by atoms with Crippen molar-refractivity contribution in [2.75, 3.05) is 18.0 Å². The van der Waals surface area contributed by atoms with Crippen LogP contribution in [0.25, 0.3) is 0 Å². The molecule has 4 nitrogen and oxygen atoms in total. The lowest BCUT2D eigenvalue weighted by Crippen LogP contribution is -2.24. The van der Waals surface area contributed by atoms with Crippen LogP contribution in [0.4, 0.5) is 14.7 Å². The van der Waals surface area contributed by atoms with Crippen molar-refractivity contribution in [3.63, 3.8) is 0 Å². The van der Waals surface area contributed by atoms with E-state index in [1.165, 1.54) is 12.1 Å². The Bertz CT molecular complexity index is 638. The largest absolute Gasteiger partial charge is 0.341 e. The van der Waals surface area contributed by atoms with E-state index in [4.69, 9.17) is 11.6 Å². The average Bonchev–Trinajstić information content (AvgIpc) is 2.43. The van der Waals surface area contributed by atoms with E-state index in [1.54, 1.807) is 0 Å². The summed E-state index contributed by atoms with van der Waals surface area (Å²) in [6, 6.07) is 3.33. The highest BCUT2D eigenvalue weighted by Crippen LogP contribution is 2.29. The molecule has 1 aromatic carbocycles. The second-order valence-corrected chi connectivity index (χ2v) is 5.38. The van der Waals surface area contributed by atoms with Gasteiger partial charge in [0.2, 0.25) is 11.2 Å². The molecule has 0 N–H and O–H groups in total. The number of rotatable bonds is 5. The first-order chi connectivity index (χ1) is 10.0. The SMILES string of the molecule is CCN(CC)c1nc(Cl)nc(Sc2ccc(F)cc2F)n1. The van der Waals surface area contributed by atoms with Crippen LogP contribution in [0, 0.1) is 11.6 Å². The number of halogens is 3. The molecule has 1 aromatic heterocycles. The van der Waals surface area contributed by atoms with Crippen molar-refractivity contribution in [3.05, 3.63) is 35.1 Å². The molecule has 0 saturated carbocycles. The molecule has 1 heterocycles. The van der Waals surface area contributed by atoms with Gasteiger partial charge in [-0.05, 0) is 49.3 Å². The fourth-order valence-electron chi connectivity index (χ4n) is 1.67. The lowest BCUT2D eigenvalue weighted by molar-refractivity contribution is 0.565. The first-order valence-electron chi connectivity index (χ1n) is 6.33. The summed E-state index contributed by atoms with van der Waals surface area (Å²) < 4.78 is 26.5. The molecule has 2 aromatic rings. The van der Waals surface area contributed by atoms with E-state index in [1.807, 2.05) is 18.7 Å². The number of nitrogens with zero attached hydrogens (tertiary/aromatic N) is 4. The minimum atomic E-state index is -0.666. The molecule has 2 rings (SSSR count). The van der Waals surface area contributed by atoms with Gasteiger partial charge in [-0.3, -0.25) is 0 Å².